The van der Waals surface area contributed by atoms with E-state index in [1.807, 2.05) is 0 Å². The van der Waals surface area contributed by atoms with E-state index in [0.29, 0.717) is 30.3 Å². The summed E-state index contributed by atoms with van der Waals surface area (Å²) >= 11 is 0. The highest BCUT2D eigenvalue weighted by Gasteiger charge is 3.09. The highest BCUT2D eigenvalue weighted by molar-refractivity contribution is 6.08. The Morgan fingerprint density at radius 1 is 0.615 bits per heavy atom. The highest BCUT2D eigenvalue weighted by atomic mass is 16.9. The molecular formula is C47H36O31. The molecule has 15 atom stereocenters. The summed E-state index contributed by atoms with van der Waals surface area (Å²) in [5, 5.41) is 179. The van der Waals surface area contributed by atoms with Crippen molar-refractivity contribution in [1.82, 2.24) is 0 Å². The van der Waals surface area contributed by atoms with Crippen molar-refractivity contribution in [1.29, 1.82) is 0 Å². The standard InChI is InChI=1S/C47H36O31/c48-13-1-9(2-14(49)23(13)54)35(61)75-39-32-31-29(19(71-39)7-69-36(62)10-3-15(50)24(55)27(58)20(10)21-11(37(63)72-31)4-16(51)25(56)28(21)59)74-41(65)42-8-43-45(66)33(42)22-12(38(64)73-32)5-17(52)26(57)30(22)76-47(45,68)46(43,67)78-44(40(42)77-43)34(60)18(53)6-70-44/h1-5,18-19,29,31-34,39-40,48-60,66-68H,6-8H2. The molecule has 0 amide bonds. The Hall–Kier alpha value is -8.53. The zero-order valence-corrected chi connectivity index (χ0v) is 38.5. The fourth-order valence-electron chi connectivity index (χ4n) is 12.8. The maximum atomic E-state index is 16.1. The van der Waals surface area contributed by atoms with Gasteiger partial charge in [-0.3, -0.25) is 4.79 Å². The summed E-state index contributed by atoms with van der Waals surface area (Å²) in [7, 11) is 0. The molecule has 31 heteroatoms. The summed E-state index contributed by atoms with van der Waals surface area (Å²) in [6, 6.07) is 2.42. The third-order valence-electron chi connectivity index (χ3n) is 16.2. The maximum Gasteiger partial charge on any atom is 0.340 e. The van der Waals surface area contributed by atoms with Crippen LogP contribution in [0.4, 0.5) is 0 Å². The van der Waals surface area contributed by atoms with Gasteiger partial charge >= 0.3 is 29.8 Å². The summed E-state index contributed by atoms with van der Waals surface area (Å²) in [6.07, 6.45) is -20.4. The number of rotatable bonds is 2. The van der Waals surface area contributed by atoms with Crippen molar-refractivity contribution in [2.24, 2.45) is 5.41 Å². The second-order valence-electron chi connectivity index (χ2n) is 19.9. The van der Waals surface area contributed by atoms with Gasteiger partial charge in [0.25, 0.3) is 11.6 Å². The molecule has 9 aliphatic rings. The fraction of sp³-hybridized carbons (Fsp3) is 0.383. The largest absolute Gasteiger partial charge is 0.504 e. The van der Waals surface area contributed by atoms with Crippen LogP contribution in [0.5, 0.6) is 69.0 Å². The quantitative estimate of drug-likeness (QED) is 0.0546. The van der Waals surface area contributed by atoms with Crippen molar-refractivity contribution in [3.05, 3.63) is 58.1 Å². The maximum absolute atomic E-state index is 16.1. The first-order valence-electron chi connectivity index (χ1n) is 22.9. The number of aromatic hydroxyl groups is 11. The van der Waals surface area contributed by atoms with E-state index in [9.17, 15) is 91.3 Å². The molecule has 0 radical (unpaired) electrons. The van der Waals surface area contributed by atoms with Crippen molar-refractivity contribution in [3.63, 3.8) is 0 Å². The number of hydrogen-bond acceptors (Lipinski definition) is 31. The lowest BCUT2D eigenvalue weighted by Gasteiger charge is -2.76. The van der Waals surface area contributed by atoms with Gasteiger partial charge in [0.05, 0.1) is 28.9 Å². The molecule has 3 spiro atoms. The minimum atomic E-state index is -3.69. The van der Waals surface area contributed by atoms with E-state index in [4.69, 9.17) is 47.4 Å². The third kappa shape index (κ3) is 5.33. The first-order chi connectivity index (χ1) is 36.6. The summed E-state index contributed by atoms with van der Waals surface area (Å²) in [5.74, 6) is -36.9. The molecule has 4 saturated heterocycles. The molecule has 410 valence electrons. The number of ether oxygens (including phenoxy) is 10. The van der Waals surface area contributed by atoms with Gasteiger partial charge in [-0.1, -0.05) is 0 Å². The second kappa shape index (κ2) is 14.9. The van der Waals surface area contributed by atoms with Crippen LogP contribution in [0.2, 0.25) is 0 Å². The van der Waals surface area contributed by atoms with Gasteiger partial charge in [0, 0.05) is 29.0 Å². The first kappa shape index (κ1) is 49.1. The van der Waals surface area contributed by atoms with Gasteiger partial charge in [0.15, 0.2) is 75.2 Å². The Balaban J connectivity index is 1.06. The fourth-order valence-corrected chi connectivity index (χ4v) is 12.8. The summed E-state index contributed by atoms with van der Waals surface area (Å²) in [6.45, 7) is -2.20. The number of aliphatic hydroxyl groups is 5. The molecule has 13 rings (SSSR count). The molecule has 2 saturated carbocycles. The number of phenols is 11. The van der Waals surface area contributed by atoms with Crippen LogP contribution >= 0.6 is 0 Å². The van der Waals surface area contributed by atoms with Crippen LogP contribution in [0.15, 0.2) is 30.3 Å². The summed E-state index contributed by atoms with van der Waals surface area (Å²) < 4.78 is 59.1. The molecule has 78 heavy (non-hydrogen) atoms. The molecule has 7 bridgehead atoms. The van der Waals surface area contributed by atoms with E-state index in [0.717, 1.165) is 0 Å². The van der Waals surface area contributed by atoms with Crippen molar-refractivity contribution < 1.29 is 153 Å². The number of benzene rings is 4. The van der Waals surface area contributed by atoms with Crippen LogP contribution in [0.3, 0.4) is 0 Å². The number of fused-ring (bicyclic) bond motifs is 6. The third-order valence-corrected chi connectivity index (χ3v) is 16.2. The van der Waals surface area contributed by atoms with Crippen LogP contribution in [-0.4, -0.2) is 202 Å². The van der Waals surface area contributed by atoms with E-state index in [1.54, 1.807) is 0 Å². The molecule has 31 nitrogen and oxygen atoms in total. The summed E-state index contributed by atoms with van der Waals surface area (Å²) in [5.41, 5.74) is -16.2. The van der Waals surface area contributed by atoms with Gasteiger partial charge in [-0.2, -0.15) is 0 Å². The molecule has 4 aromatic rings. The Bertz CT molecular complexity index is 3480. The van der Waals surface area contributed by atoms with E-state index in [2.05, 4.69) is 0 Å². The normalized spacial score (nSPS) is 38.1. The van der Waals surface area contributed by atoms with Gasteiger partial charge in [0.2, 0.25) is 35.4 Å². The van der Waals surface area contributed by atoms with Crippen LogP contribution < -0.4 is 4.74 Å². The Labute approximate surface area is 429 Å². The Morgan fingerprint density at radius 3 is 1.79 bits per heavy atom. The average Bonchev–Trinajstić information content (AvgIpc) is 1.36. The van der Waals surface area contributed by atoms with Crippen molar-refractivity contribution in [3.8, 4) is 80.1 Å². The van der Waals surface area contributed by atoms with E-state index in [1.165, 1.54) is 0 Å². The second-order valence-corrected chi connectivity index (χ2v) is 19.9. The number of esters is 5. The molecule has 16 N–H and O–H groups in total. The number of carbonyl (C=O) groups excluding carboxylic acids is 5. The molecule has 7 aliphatic heterocycles. The van der Waals surface area contributed by atoms with Crippen molar-refractivity contribution in [2.45, 2.75) is 89.9 Å². The van der Waals surface area contributed by atoms with Crippen LogP contribution in [-0.2, 0) is 47.4 Å². The predicted octanol–water partition coefficient (Wildman–Crippen LogP) is -2.85. The number of phenolic OH excluding ortho intramolecular Hbond substituents is 11. The highest BCUT2D eigenvalue weighted by Crippen LogP contribution is 2.87. The average molecular weight is 1100 g/mol. The molecule has 0 aromatic heterocycles. The van der Waals surface area contributed by atoms with Gasteiger partial charge < -0.3 is 129 Å². The lowest BCUT2D eigenvalue weighted by molar-refractivity contribution is -0.619. The van der Waals surface area contributed by atoms with Crippen LogP contribution in [0.1, 0.15) is 59.3 Å². The van der Waals surface area contributed by atoms with E-state index < -0.39 is 246 Å². The first-order valence-corrected chi connectivity index (χ1v) is 22.9. The van der Waals surface area contributed by atoms with E-state index in [-0.39, 0.29) is 0 Å². The van der Waals surface area contributed by atoms with Gasteiger partial charge in [-0.15, -0.1) is 0 Å². The SMILES string of the molecule is O=C(OC1OC2COC(=O)c3cc(O)c(O)c(O)c3-c3c(cc(O)c(O)c3O)C(=O)OC3C2OC(=O)C24CC56OC2C2(OCC(O)C2O)OC5(O)C2(O)Oc5c(O)c(O)cc(c5C4C26O)C(=O)OC13)c1cc(O)c(O)c(O)c1. The Morgan fingerprint density at radius 2 is 1.18 bits per heavy atom. The smallest absolute Gasteiger partial charge is 0.340 e. The molecule has 4 aromatic carbocycles. The van der Waals surface area contributed by atoms with Gasteiger partial charge in [-0.05, 0) is 30.3 Å². The van der Waals surface area contributed by atoms with E-state index >= 15 is 14.4 Å². The minimum Gasteiger partial charge on any atom is -0.504 e. The molecule has 2 aliphatic carbocycles. The molecule has 15 unspecified atom stereocenters. The topological polar surface area (TPSA) is 501 Å². The minimum absolute atomic E-state index is 0.366. The zero-order valence-electron chi connectivity index (χ0n) is 38.5. The molecular weight excluding hydrogens is 1060 g/mol. The van der Waals surface area contributed by atoms with Crippen LogP contribution in [0, 0.1) is 5.41 Å². The number of cyclic esters (lactones) is 1. The Kier molecular flexibility index (Phi) is 9.39. The summed E-state index contributed by atoms with van der Waals surface area (Å²) in [4.78, 5) is 74.7. The lowest BCUT2D eigenvalue weighted by atomic mass is 9.48. The number of aliphatic hydroxyl groups excluding tert-OH is 2. The lowest BCUT2D eigenvalue weighted by Crippen LogP contribution is -3.02. The predicted molar refractivity (Wildman–Crippen MR) is 230 cm³/mol. The molecule has 6 fully saturated rings. The monoisotopic (exact) mass is 1100 g/mol. The zero-order chi connectivity index (χ0) is 55.8. The van der Waals surface area contributed by atoms with Crippen molar-refractivity contribution in [2.75, 3.05) is 13.2 Å². The number of carbonyl (C=O) groups is 5. The van der Waals surface area contributed by atoms with Gasteiger partial charge in [-0.25, -0.2) is 19.2 Å². The van der Waals surface area contributed by atoms with Crippen LogP contribution in [0.25, 0.3) is 11.1 Å². The van der Waals surface area contributed by atoms with Crippen molar-refractivity contribution >= 4 is 29.8 Å². The number of hydrogen-bond donors (Lipinski definition) is 16. The molecule has 7 heterocycles. The van der Waals surface area contributed by atoms with Gasteiger partial charge in [0.1, 0.15) is 36.4 Å².